The highest BCUT2D eigenvalue weighted by molar-refractivity contribution is 6.40. The summed E-state index contributed by atoms with van der Waals surface area (Å²) in [5, 5.41) is 11.3. The lowest BCUT2D eigenvalue weighted by molar-refractivity contribution is 1.26. The van der Waals surface area contributed by atoms with Crippen LogP contribution in [0.25, 0.3) is 0 Å². The maximum atomic E-state index is 8.44. The van der Waals surface area contributed by atoms with E-state index < -0.39 is 0 Å². The molecule has 122 valence electrons. The highest BCUT2D eigenvalue weighted by Crippen LogP contribution is 2.30. The Bertz CT molecular complexity index is 691. The number of alkyl halides is 1. The van der Waals surface area contributed by atoms with E-state index in [2.05, 4.69) is 0 Å². The Kier molecular flexibility index (Phi) is 9.19. The summed E-state index contributed by atoms with van der Waals surface area (Å²) in [7, 11) is 0. The average Bonchev–Trinajstić information content (AvgIpc) is 2.43. The Hall–Kier alpha value is -0.0400. The first-order chi connectivity index (χ1) is 10.8. The Morgan fingerprint density at radius 2 is 1.04 bits per heavy atom. The highest BCUT2D eigenvalue weighted by Gasteiger charge is 2.06. The molecule has 0 aliphatic heterocycles. The number of hydrogen-bond acceptors (Lipinski definition) is 1. The van der Waals surface area contributed by atoms with Gasteiger partial charge in [-0.05, 0) is 24.3 Å². The van der Waals surface area contributed by atoms with Gasteiger partial charge in [-0.2, -0.15) is 5.26 Å². The largest absolute Gasteiger partial charge is 0.198 e. The zero-order valence-electron chi connectivity index (χ0n) is 11.3. The highest BCUT2D eigenvalue weighted by atomic mass is 35.5. The minimum absolute atomic E-state index is 0.203. The van der Waals surface area contributed by atoms with E-state index in [9.17, 15) is 0 Å². The normalized spacial score (nSPS) is 9.83. The molecule has 8 heteroatoms. The van der Waals surface area contributed by atoms with Crippen molar-refractivity contribution in [1.82, 2.24) is 0 Å². The van der Waals surface area contributed by atoms with Crippen LogP contribution < -0.4 is 0 Å². The molecule has 0 saturated heterocycles. The lowest BCUT2D eigenvalue weighted by atomic mass is 10.2. The Morgan fingerprint density at radius 3 is 1.35 bits per heavy atom. The predicted molar refractivity (Wildman–Crippen MR) is 102 cm³/mol. The van der Waals surface area contributed by atoms with E-state index in [1.54, 1.807) is 24.3 Å². The van der Waals surface area contributed by atoms with Crippen LogP contribution in [0.5, 0.6) is 0 Å². The molecule has 0 heterocycles. The summed E-state index contributed by atoms with van der Waals surface area (Å²) in [5.74, 6) is 0.300. The van der Waals surface area contributed by atoms with Gasteiger partial charge in [0.05, 0.1) is 18.4 Å². The van der Waals surface area contributed by atoms with Crippen LogP contribution in [0, 0.1) is 11.3 Å². The zero-order chi connectivity index (χ0) is 17.6. The minimum Gasteiger partial charge on any atom is -0.198 e. The molecule has 2 rings (SSSR count). The summed E-state index contributed by atoms with van der Waals surface area (Å²) in [6, 6.07) is 8.35. The summed E-state index contributed by atoms with van der Waals surface area (Å²) >= 11 is 40.1. The van der Waals surface area contributed by atoms with E-state index in [-0.39, 0.29) is 6.42 Å². The number of rotatable bonds is 2. The van der Waals surface area contributed by atoms with Crippen LogP contribution in [0.2, 0.25) is 30.1 Å². The summed E-state index contributed by atoms with van der Waals surface area (Å²) in [5.41, 5.74) is 1.35. The van der Waals surface area contributed by atoms with Gasteiger partial charge in [-0.25, -0.2) is 0 Å². The Balaban J connectivity index is 0.000000231. The van der Waals surface area contributed by atoms with Crippen LogP contribution in [0.3, 0.4) is 0 Å². The molecule has 2 aromatic rings. The molecule has 1 nitrogen and oxygen atoms in total. The van der Waals surface area contributed by atoms with Crippen molar-refractivity contribution in [2.45, 2.75) is 12.3 Å². The fourth-order valence-corrected chi connectivity index (χ4v) is 3.85. The summed E-state index contributed by atoms with van der Waals surface area (Å²) in [6.45, 7) is 0. The molecule has 0 spiro atoms. The number of benzene rings is 2. The van der Waals surface area contributed by atoms with Gasteiger partial charge in [0.2, 0.25) is 0 Å². The smallest absolute Gasteiger partial charge is 0.0670 e. The van der Waals surface area contributed by atoms with Gasteiger partial charge >= 0.3 is 0 Å². The van der Waals surface area contributed by atoms with E-state index in [4.69, 9.17) is 86.5 Å². The van der Waals surface area contributed by atoms with Gasteiger partial charge in [-0.3, -0.25) is 0 Å². The first kappa shape index (κ1) is 21.0. The Labute approximate surface area is 169 Å². The van der Waals surface area contributed by atoms with Crippen LogP contribution >= 0.6 is 81.2 Å². The van der Waals surface area contributed by atoms with Crippen molar-refractivity contribution in [1.29, 1.82) is 5.26 Å². The summed E-state index contributed by atoms with van der Waals surface area (Å²) in [4.78, 5) is 0. The van der Waals surface area contributed by atoms with Gasteiger partial charge in [-0.1, -0.05) is 69.6 Å². The molecule has 0 fully saturated rings. The standard InChI is InChI=1S/C8H4Cl3N.C7H4Cl4/c9-5-3-7(10)6(1-2-12)8(11)4-5;8-3-5-6(10)1-4(9)2-7(5)11/h3-4H,1H2;1-2H,3H2. The molecule has 0 aromatic heterocycles. The number of nitriles is 1. The third-order valence-electron chi connectivity index (χ3n) is 2.60. The SMILES string of the molecule is ClCc1c(Cl)cc(Cl)cc1Cl.N#CCc1c(Cl)cc(Cl)cc1Cl. The number of hydrogen-bond donors (Lipinski definition) is 0. The molecule has 0 saturated carbocycles. The van der Waals surface area contributed by atoms with Gasteiger partial charge < -0.3 is 0 Å². The van der Waals surface area contributed by atoms with E-state index in [1.165, 1.54) is 0 Å². The molecule has 23 heavy (non-hydrogen) atoms. The molecule has 0 bridgehead atoms. The maximum Gasteiger partial charge on any atom is 0.0670 e. The molecule has 0 atom stereocenters. The molecule has 2 aromatic carbocycles. The monoisotopic (exact) mass is 447 g/mol. The topological polar surface area (TPSA) is 23.8 Å². The molecule has 0 aliphatic carbocycles. The van der Waals surface area contributed by atoms with Crippen LogP contribution in [-0.2, 0) is 12.3 Å². The van der Waals surface area contributed by atoms with Crippen LogP contribution in [0.1, 0.15) is 11.1 Å². The Morgan fingerprint density at radius 1 is 0.696 bits per heavy atom. The molecule has 0 N–H and O–H groups in total. The van der Waals surface area contributed by atoms with Crippen molar-refractivity contribution >= 4 is 81.2 Å². The average molecular weight is 450 g/mol. The van der Waals surface area contributed by atoms with E-state index in [0.29, 0.717) is 41.6 Å². The van der Waals surface area contributed by atoms with Crippen LogP contribution in [0.4, 0.5) is 0 Å². The molecule has 0 radical (unpaired) electrons. The lowest BCUT2D eigenvalue weighted by Crippen LogP contribution is -1.85. The van der Waals surface area contributed by atoms with Crippen molar-refractivity contribution < 1.29 is 0 Å². The lowest BCUT2D eigenvalue weighted by Gasteiger charge is -2.02. The van der Waals surface area contributed by atoms with Crippen molar-refractivity contribution in [2.75, 3.05) is 0 Å². The van der Waals surface area contributed by atoms with Gasteiger partial charge in [0.1, 0.15) is 0 Å². The van der Waals surface area contributed by atoms with Crippen molar-refractivity contribution in [3.05, 3.63) is 65.5 Å². The van der Waals surface area contributed by atoms with E-state index >= 15 is 0 Å². The fraction of sp³-hybridized carbons (Fsp3) is 0.133. The fourth-order valence-electron chi connectivity index (χ4n) is 1.52. The second-order valence-electron chi connectivity index (χ2n) is 4.16. The molecule has 0 amide bonds. The van der Waals surface area contributed by atoms with Gasteiger partial charge in [0.15, 0.2) is 0 Å². The summed E-state index contributed by atoms with van der Waals surface area (Å²) in [6.07, 6.45) is 0.203. The van der Waals surface area contributed by atoms with Gasteiger partial charge in [-0.15, -0.1) is 11.6 Å². The van der Waals surface area contributed by atoms with Crippen molar-refractivity contribution in [2.24, 2.45) is 0 Å². The summed E-state index contributed by atoms with van der Waals surface area (Å²) < 4.78 is 0. The second-order valence-corrected chi connectivity index (χ2v) is 6.93. The predicted octanol–water partition coefficient (Wildman–Crippen LogP) is 8.10. The van der Waals surface area contributed by atoms with E-state index in [0.717, 1.165) is 5.56 Å². The quantitative estimate of drug-likeness (QED) is 0.424. The van der Waals surface area contributed by atoms with Gasteiger partial charge in [0.25, 0.3) is 0 Å². The molecular weight excluding hydrogens is 442 g/mol. The first-order valence-corrected chi connectivity index (χ1v) is 8.80. The van der Waals surface area contributed by atoms with Crippen LogP contribution in [-0.4, -0.2) is 0 Å². The first-order valence-electron chi connectivity index (χ1n) is 5.99. The maximum absolute atomic E-state index is 8.44. The zero-order valence-corrected chi connectivity index (χ0v) is 16.6. The second kappa shape index (κ2) is 10.1. The number of halogens is 7. The molecular formula is C15H8Cl7N. The van der Waals surface area contributed by atoms with E-state index in [1.807, 2.05) is 6.07 Å². The van der Waals surface area contributed by atoms with Gasteiger partial charge in [0, 0.05) is 41.3 Å². The molecule has 0 aliphatic rings. The third kappa shape index (κ3) is 6.40. The van der Waals surface area contributed by atoms with Crippen molar-refractivity contribution in [3.8, 4) is 6.07 Å². The van der Waals surface area contributed by atoms with Crippen LogP contribution in [0.15, 0.2) is 24.3 Å². The minimum atomic E-state index is 0.203. The van der Waals surface area contributed by atoms with Crippen molar-refractivity contribution in [3.63, 3.8) is 0 Å². The number of nitrogens with zero attached hydrogens (tertiary/aromatic N) is 1. The molecule has 0 unspecified atom stereocenters. The third-order valence-corrected chi connectivity index (χ3v) is 4.65.